The quantitative estimate of drug-likeness (QED) is 0.704. The summed E-state index contributed by atoms with van der Waals surface area (Å²) in [6.45, 7) is 3.43. The minimum Gasteiger partial charge on any atom is -0.324 e. The Balaban J connectivity index is 4.82. The van der Waals surface area contributed by atoms with E-state index in [-0.39, 0.29) is 5.78 Å². The Morgan fingerprint density at radius 3 is 2.07 bits per heavy atom. The highest BCUT2D eigenvalue weighted by molar-refractivity contribution is 7.64. The van der Waals surface area contributed by atoms with E-state index in [2.05, 4.69) is 4.31 Å². The van der Waals surface area contributed by atoms with Gasteiger partial charge in [-0.1, -0.05) is 0 Å². The minimum absolute atomic E-state index is 0.348. The predicted molar refractivity (Wildman–Crippen MR) is 54.6 cm³/mol. The van der Waals surface area contributed by atoms with Crippen molar-refractivity contribution in [1.29, 1.82) is 0 Å². The fourth-order valence-electron chi connectivity index (χ4n) is 0.737. The summed E-state index contributed by atoms with van der Waals surface area (Å²) < 4.78 is 27.2. The van der Waals surface area contributed by atoms with Gasteiger partial charge in [-0.25, -0.2) is 13.5 Å². The zero-order valence-electron chi connectivity index (χ0n) is 8.95. The molecule has 0 aliphatic rings. The average molecular weight is 259 g/mol. The van der Waals surface area contributed by atoms with Crippen molar-refractivity contribution < 1.29 is 28.0 Å². The van der Waals surface area contributed by atoms with Gasteiger partial charge < -0.3 is 9.79 Å². The second-order valence-electron chi connectivity index (χ2n) is 3.24. The Morgan fingerprint density at radius 2 is 1.80 bits per heavy atom. The van der Waals surface area contributed by atoms with Crippen molar-refractivity contribution in [2.24, 2.45) is 0 Å². The summed E-state index contributed by atoms with van der Waals surface area (Å²) >= 11 is 0. The third-order valence-electron chi connectivity index (χ3n) is 1.81. The van der Waals surface area contributed by atoms with Crippen LogP contribution in [-0.4, -0.2) is 40.0 Å². The predicted octanol–water partition coefficient (Wildman–Crippen LogP) is 0.828. The van der Waals surface area contributed by atoms with E-state index >= 15 is 0 Å². The molecule has 0 spiro atoms. The molecule has 3 unspecified atom stereocenters. The van der Waals surface area contributed by atoms with Crippen LogP contribution < -0.4 is 0 Å². The molecule has 9 heteroatoms. The van der Waals surface area contributed by atoms with E-state index in [1.807, 2.05) is 0 Å². The third kappa shape index (κ3) is 5.02. The van der Waals surface area contributed by atoms with Gasteiger partial charge in [-0.2, -0.15) is 0 Å². The molecule has 0 radical (unpaired) electrons. The van der Waals surface area contributed by atoms with Crippen molar-refractivity contribution in [2.75, 3.05) is 13.7 Å². The smallest absolute Gasteiger partial charge is 0.324 e. The van der Waals surface area contributed by atoms with Gasteiger partial charge in [0.2, 0.25) is 0 Å². The zero-order valence-corrected chi connectivity index (χ0v) is 10.7. The van der Waals surface area contributed by atoms with E-state index in [9.17, 15) is 18.8 Å². The first-order valence-corrected chi connectivity index (χ1v) is 7.61. The number of ketones is 1. The maximum Gasteiger partial charge on any atom is 0.413 e. The molecule has 0 heterocycles. The van der Waals surface area contributed by atoms with E-state index in [0.29, 0.717) is 0 Å². The number of rotatable bonds is 5. The van der Waals surface area contributed by atoms with E-state index in [1.54, 1.807) is 0 Å². The summed E-state index contributed by atoms with van der Waals surface area (Å²) in [6, 6.07) is -0.868. The summed E-state index contributed by atoms with van der Waals surface area (Å²) in [6.07, 6.45) is 0. The number of Topliss-reactive ketones (excluding diaryl/α,β-unsaturated/α-hetero) is 1. The normalized spacial score (nSPS) is 21.8. The van der Waals surface area contributed by atoms with Crippen molar-refractivity contribution in [1.82, 2.24) is 4.67 Å². The Hall–Kier alpha value is -0.0300. The first-order chi connectivity index (χ1) is 6.47. The van der Waals surface area contributed by atoms with Gasteiger partial charge in [-0.05, 0) is 20.9 Å². The van der Waals surface area contributed by atoms with Gasteiger partial charge in [-0.15, -0.1) is 0 Å². The number of hydrogen-bond donors (Lipinski definition) is 2. The first-order valence-electron chi connectivity index (χ1n) is 4.05. The molecule has 0 aromatic rings. The lowest BCUT2D eigenvalue weighted by Crippen LogP contribution is -2.32. The Kier molecular flexibility index (Phi) is 4.86. The lowest BCUT2D eigenvalue weighted by atomic mass is 10.2. The van der Waals surface area contributed by atoms with E-state index < -0.39 is 21.4 Å². The highest BCUT2D eigenvalue weighted by Gasteiger charge is 2.36. The monoisotopic (exact) mass is 259 g/mol. The van der Waals surface area contributed by atoms with E-state index in [0.717, 1.165) is 11.3 Å². The van der Waals surface area contributed by atoms with Crippen molar-refractivity contribution in [3.05, 3.63) is 0 Å². The molecular formula is C6H15NO6P2. The minimum atomic E-state index is -4.42. The van der Waals surface area contributed by atoms with Crippen molar-refractivity contribution >= 4 is 21.1 Å². The van der Waals surface area contributed by atoms with Crippen LogP contribution in [-0.2, 0) is 18.2 Å². The van der Waals surface area contributed by atoms with Crippen LogP contribution in [0.5, 0.6) is 0 Å². The lowest BCUT2D eigenvalue weighted by Gasteiger charge is -2.26. The van der Waals surface area contributed by atoms with Crippen molar-refractivity contribution in [2.45, 2.75) is 19.9 Å². The SMILES string of the molecule is CC(=O)C(C)N(C)P(=O)(O)OP(C)(=O)O. The summed E-state index contributed by atoms with van der Waals surface area (Å²) in [5.74, 6) is -0.348. The largest absolute Gasteiger partial charge is 0.413 e. The molecule has 3 atom stereocenters. The molecule has 0 aliphatic heterocycles. The number of hydrogen-bond acceptors (Lipinski definition) is 4. The molecule has 0 aliphatic carbocycles. The molecule has 0 bridgehead atoms. The number of likely N-dealkylation sites (N-methyl/N-ethyl adjacent to an activating group) is 1. The van der Waals surface area contributed by atoms with Gasteiger partial charge in [-0.3, -0.25) is 9.36 Å². The molecule has 0 aromatic heterocycles. The van der Waals surface area contributed by atoms with E-state index in [4.69, 9.17) is 4.89 Å². The summed E-state index contributed by atoms with van der Waals surface area (Å²) in [4.78, 5) is 29.1. The molecule has 0 saturated heterocycles. The molecule has 90 valence electrons. The molecular weight excluding hydrogens is 244 g/mol. The van der Waals surface area contributed by atoms with Gasteiger partial charge in [0.15, 0.2) is 0 Å². The Morgan fingerprint density at radius 1 is 1.40 bits per heavy atom. The van der Waals surface area contributed by atoms with Gasteiger partial charge in [0, 0.05) is 6.66 Å². The van der Waals surface area contributed by atoms with Crippen LogP contribution in [0, 0.1) is 0 Å². The van der Waals surface area contributed by atoms with Gasteiger partial charge in [0.25, 0.3) is 0 Å². The van der Waals surface area contributed by atoms with Crippen LogP contribution in [0.15, 0.2) is 0 Å². The average Bonchev–Trinajstić information content (AvgIpc) is 1.96. The van der Waals surface area contributed by atoms with Crippen LogP contribution in [0.4, 0.5) is 0 Å². The Labute approximate surface area is 88.2 Å². The molecule has 0 aromatic carbocycles. The Bertz CT molecular complexity index is 337. The van der Waals surface area contributed by atoms with Crippen LogP contribution in [0.3, 0.4) is 0 Å². The number of nitrogens with zero attached hydrogens (tertiary/aromatic N) is 1. The fraction of sp³-hybridized carbons (Fsp3) is 0.833. The molecule has 7 nitrogen and oxygen atoms in total. The maximum atomic E-state index is 11.5. The highest BCUT2D eigenvalue weighted by atomic mass is 31.3. The summed E-state index contributed by atoms with van der Waals surface area (Å²) in [5, 5.41) is 0. The van der Waals surface area contributed by atoms with Crippen LogP contribution in [0.25, 0.3) is 0 Å². The highest BCUT2D eigenvalue weighted by Crippen LogP contribution is 2.59. The van der Waals surface area contributed by atoms with Gasteiger partial charge in [0.05, 0.1) is 6.04 Å². The second kappa shape index (κ2) is 4.87. The summed E-state index contributed by atoms with van der Waals surface area (Å²) in [5.41, 5.74) is 0. The first kappa shape index (κ1) is 15.0. The third-order valence-corrected chi connectivity index (χ3v) is 5.01. The molecule has 2 N–H and O–H groups in total. The van der Waals surface area contributed by atoms with Crippen molar-refractivity contribution in [3.8, 4) is 0 Å². The molecule has 0 fully saturated rings. The second-order valence-corrected chi connectivity index (χ2v) is 7.11. The fourth-order valence-corrected chi connectivity index (χ4v) is 3.38. The van der Waals surface area contributed by atoms with E-state index in [1.165, 1.54) is 20.9 Å². The number of carbonyl (C=O) groups is 1. The molecule has 15 heavy (non-hydrogen) atoms. The maximum absolute atomic E-state index is 11.5. The molecule has 0 saturated carbocycles. The van der Waals surface area contributed by atoms with Crippen LogP contribution >= 0.6 is 15.3 Å². The molecule has 0 amide bonds. The van der Waals surface area contributed by atoms with Crippen molar-refractivity contribution in [3.63, 3.8) is 0 Å². The summed E-state index contributed by atoms with van der Waals surface area (Å²) in [7, 11) is -7.32. The molecule has 0 rings (SSSR count). The van der Waals surface area contributed by atoms with Crippen LogP contribution in [0.1, 0.15) is 13.8 Å². The lowest BCUT2D eigenvalue weighted by molar-refractivity contribution is -0.120. The topological polar surface area (TPSA) is 104 Å². The zero-order chi connectivity index (χ0) is 12.4. The number of carbonyl (C=O) groups excluding carboxylic acids is 1. The standard InChI is InChI=1S/C6H15NO6P2/c1-5(6(2)8)7(3)15(11,12)13-14(4,9)10/h5H,1-4H3,(H,9,10)(H,11,12). The van der Waals surface area contributed by atoms with Gasteiger partial charge >= 0.3 is 15.3 Å². The van der Waals surface area contributed by atoms with Crippen LogP contribution in [0.2, 0.25) is 0 Å². The van der Waals surface area contributed by atoms with Gasteiger partial charge in [0.1, 0.15) is 5.78 Å².